The predicted molar refractivity (Wildman–Crippen MR) is 120 cm³/mol. The molecular formula is C23H22Cl2N2O4. The maximum absolute atomic E-state index is 12.4. The van der Waals surface area contributed by atoms with Gasteiger partial charge in [-0.3, -0.25) is 14.4 Å². The molecule has 162 valence electrons. The number of carboxylic acid groups (broad SMARTS) is 1. The summed E-state index contributed by atoms with van der Waals surface area (Å²) in [6.07, 6.45) is 5.57. The Morgan fingerprint density at radius 2 is 1.74 bits per heavy atom. The van der Waals surface area contributed by atoms with Crippen LogP contribution in [-0.2, 0) is 17.6 Å². The van der Waals surface area contributed by atoms with Gasteiger partial charge in [-0.15, -0.1) is 0 Å². The zero-order valence-electron chi connectivity index (χ0n) is 16.9. The number of H-pyrrole nitrogens is 1. The number of carboxylic acids is 1. The molecule has 3 rings (SSSR count). The Bertz CT molecular complexity index is 1040. The summed E-state index contributed by atoms with van der Waals surface area (Å²) in [6, 6.07) is 11.6. The highest BCUT2D eigenvalue weighted by Gasteiger charge is 2.22. The van der Waals surface area contributed by atoms with Crippen molar-refractivity contribution in [3.8, 4) is 0 Å². The number of imidazole rings is 1. The third-order valence-electron chi connectivity index (χ3n) is 4.35. The van der Waals surface area contributed by atoms with E-state index in [1.807, 2.05) is 0 Å². The molecule has 0 spiro atoms. The largest absolute Gasteiger partial charge is 0.481 e. The van der Waals surface area contributed by atoms with Crippen molar-refractivity contribution in [3.05, 3.63) is 87.4 Å². The summed E-state index contributed by atoms with van der Waals surface area (Å²) in [6.45, 7) is 2.07. The monoisotopic (exact) mass is 460 g/mol. The van der Waals surface area contributed by atoms with Gasteiger partial charge >= 0.3 is 5.97 Å². The lowest BCUT2D eigenvalue weighted by atomic mass is 9.98. The van der Waals surface area contributed by atoms with Crippen LogP contribution in [-0.4, -0.2) is 32.6 Å². The number of Topliss-reactive ketones (excluding diaryl/α,β-unsaturated/α-hetero) is 2. The number of hydrogen-bond donors (Lipinski definition) is 2. The van der Waals surface area contributed by atoms with Gasteiger partial charge in [-0.05, 0) is 30.5 Å². The second kappa shape index (κ2) is 12.0. The van der Waals surface area contributed by atoms with E-state index in [1.54, 1.807) is 36.4 Å². The first kappa shape index (κ1) is 24.3. The molecule has 2 N–H and O–H groups in total. The van der Waals surface area contributed by atoms with Crippen LogP contribution < -0.4 is 0 Å². The van der Waals surface area contributed by atoms with E-state index < -0.39 is 17.5 Å². The molecule has 0 unspecified atom stereocenters. The maximum Gasteiger partial charge on any atom is 0.309 e. The number of aliphatic carboxylic acids is 1. The number of unbranched alkanes of at least 4 members (excludes halogenated alkanes) is 1. The first-order valence-corrected chi connectivity index (χ1v) is 10.4. The smallest absolute Gasteiger partial charge is 0.309 e. The number of aromatic nitrogens is 2. The highest BCUT2D eigenvalue weighted by Crippen LogP contribution is 2.30. The van der Waals surface area contributed by atoms with Crippen molar-refractivity contribution in [3.63, 3.8) is 0 Å². The average Bonchev–Trinajstić information content (AvgIpc) is 3.26. The van der Waals surface area contributed by atoms with E-state index in [2.05, 4.69) is 16.9 Å². The summed E-state index contributed by atoms with van der Waals surface area (Å²) in [5.74, 6) is -2.02. The molecule has 6 nitrogen and oxygen atoms in total. The summed E-state index contributed by atoms with van der Waals surface area (Å²) >= 11 is 12.5. The number of carbonyl (C=O) groups excluding carboxylic acids is 2. The Kier molecular flexibility index (Phi) is 9.43. The van der Waals surface area contributed by atoms with Gasteiger partial charge in [0.25, 0.3) is 0 Å². The first-order valence-electron chi connectivity index (χ1n) is 9.65. The first-order chi connectivity index (χ1) is 14.8. The standard InChI is InChI=1S/C18H16Cl2O2.C5H6N2O2/c1-2-3-9-13-15(19)11-10-14(16(13)20)18(22)17(21)12-7-5-4-6-8-12;8-5(9)1-4-2-6-3-7-4/h4-8,10-11H,2-3,9H2,1H3;2-3H,1H2,(H,6,7)(H,8,9). The summed E-state index contributed by atoms with van der Waals surface area (Å²) < 4.78 is 0. The van der Waals surface area contributed by atoms with Crippen molar-refractivity contribution in [2.45, 2.75) is 32.6 Å². The number of rotatable bonds is 8. The van der Waals surface area contributed by atoms with Crippen molar-refractivity contribution < 1.29 is 19.5 Å². The van der Waals surface area contributed by atoms with Gasteiger partial charge in [-0.2, -0.15) is 0 Å². The van der Waals surface area contributed by atoms with Crippen LogP contribution in [0.1, 0.15) is 51.7 Å². The molecular weight excluding hydrogens is 439 g/mol. The van der Waals surface area contributed by atoms with Crippen LogP contribution in [0.25, 0.3) is 0 Å². The summed E-state index contributed by atoms with van der Waals surface area (Å²) in [5, 5.41) is 9.05. The number of nitrogens with one attached hydrogen (secondary N) is 1. The minimum atomic E-state index is -0.848. The van der Waals surface area contributed by atoms with Crippen LogP contribution in [0.3, 0.4) is 0 Å². The molecule has 0 fully saturated rings. The molecule has 0 aliphatic carbocycles. The van der Waals surface area contributed by atoms with E-state index in [1.165, 1.54) is 18.6 Å². The molecule has 0 bridgehead atoms. The molecule has 0 aliphatic heterocycles. The van der Waals surface area contributed by atoms with Crippen LogP contribution in [0.2, 0.25) is 10.0 Å². The molecule has 31 heavy (non-hydrogen) atoms. The van der Waals surface area contributed by atoms with Gasteiger partial charge in [0, 0.05) is 28.0 Å². The van der Waals surface area contributed by atoms with Crippen LogP contribution in [0.4, 0.5) is 0 Å². The predicted octanol–water partition coefficient (Wildman–Crippen LogP) is 5.44. The third kappa shape index (κ3) is 7.05. The van der Waals surface area contributed by atoms with Crippen molar-refractivity contribution in [1.82, 2.24) is 9.97 Å². The highest BCUT2D eigenvalue weighted by molar-refractivity contribution is 6.52. The van der Waals surface area contributed by atoms with Gasteiger partial charge in [0.05, 0.1) is 17.8 Å². The van der Waals surface area contributed by atoms with Gasteiger partial charge in [0.2, 0.25) is 11.6 Å². The Balaban J connectivity index is 0.000000316. The molecule has 1 aromatic heterocycles. The quantitative estimate of drug-likeness (QED) is 0.344. The fourth-order valence-corrected chi connectivity index (χ4v) is 3.39. The van der Waals surface area contributed by atoms with E-state index in [4.69, 9.17) is 28.3 Å². The number of ketones is 2. The van der Waals surface area contributed by atoms with E-state index in [0.29, 0.717) is 22.7 Å². The molecule has 8 heteroatoms. The number of hydrogen-bond acceptors (Lipinski definition) is 4. The normalized spacial score (nSPS) is 10.2. The Hall–Kier alpha value is -2.96. The number of halogens is 2. The fraction of sp³-hybridized carbons (Fsp3) is 0.217. The van der Waals surface area contributed by atoms with Gasteiger partial charge in [0.15, 0.2) is 0 Å². The van der Waals surface area contributed by atoms with Crippen molar-refractivity contribution in [1.29, 1.82) is 0 Å². The van der Waals surface area contributed by atoms with Crippen LogP contribution in [0.15, 0.2) is 55.0 Å². The van der Waals surface area contributed by atoms with Crippen LogP contribution in [0.5, 0.6) is 0 Å². The van der Waals surface area contributed by atoms with Gasteiger partial charge in [-0.25, -0.2) is 4.98 Å². The Morgan fingerprint density at radius 3 is 2.32 bits per heavy atom. The molecule has 0 aliphatic rings. The van der Waals surface area contributed by atoms with Crippen LogP contribution >= 0.6 is 23.2 Å². The van der Waals surface area contributed by atoms with Crippen LogP contribution in [0, 0.1) is 0 Å². The van der Waals surface area contributed by atoms with E-state index in [0.717, 1.165) is 18.4 Å². The van der Waals surface area contributed by atoms with Crippen molar-refractivity contribution in [2.75, 3.05) is 0 Å². The van der Waals surface area contributed by atoms with Gasteiger partial charge < -0.3 is 10.1 Å². The van der Waals surface area contributed by atoms with E-state index in [-0.39, 0.29) is 17.0 Å². The average molecular weight is 461 g/mol. The SMILES string of the molecule is CCCCc1c(Cl)ccc(C(=O)C(=O)c2ccccc2)c1Cl.O=C(O)Cc1cnc[nH]1. The molecule has 0 amide bonds. The highest BCUT2D eigenvalue weighted by atomic mass is 35.5. The fourth-order valence-electron chi connectivity index (χ4n) is 2.74. The number of benzene rings is 2. The Labute approximate surface area is 190 Å². The zero-order valence-corrected chi connectivity index (χ0v) is 18.4. The molecule has 1 heterocycles. The number of aromatic amines is 1. The topological polar surface area (TPSA) is 100 Å². The summed E-state index contributed by atoms with van der Waals surface area (Å²) in [7, 11) is 0. The van der Waals surface area contributed by atoms with Crippen molar-refractivity contribution in [2.24, 2.45) is 0 Å². The molecule has 0 saturated carbocycles. The van der Waals surface area contributed by atoms with Crippen molar-refractivity contribution >= 4 is 40.7 Å². The second-order valence-electron chi connectivity index (χ2n) is 6.66. The molecule has 3 aromatic rings. The lowest BCUT2D eigenvalue weighted by molar-refractivity contribution is -0.136. The number of carbonyl (C=O) groups is 3. The number of nitrogens with zero attached hydrogens (tertiary/aromatic N) is 1. The zero-order chi connectivity index (χ0) is 22.8. The summed E-state index contributed by atoms with van der Waals surface area (Å²) in [5.41, 5.74) is 1.93. The minimum Gasteiger partial charge on any atom is -0.481 e. The van der Waals surface area contributed by atoms with Gasteiger partial charge in [0.1, 0.15) is 0 Å². The van der Waals surface area contributed by atoms with E-state index in [9.17, 15) is 14.4 Å². The summed E-state index contributed by atoms with van der Waals surface area (Å²) in [4.78, 5) is 41.0. The lowest BCUT2D eigenvalue weighted by Gasteiger charge is -2.10. The van der Waals surface area contributed by atoms with Gasteiger partial charge in [-0.1, -0.05) is 66.9 Å². The third-order valence-corrected chi connectivity index (χ3v) is 5.14. The second-order valence-corrected chi connectivity index (χ2v) is 7.45. The van der Waals surface area contributed by atoms with E-state index >= 15 is 0 Å². The minimum absolute atomic E-state index is 0.0139. The Morgan fingerprint density at radius 1 is 1.03 bits per heavy atom. The molecule has 0 radical (unpaired) electrons. The lowest BCUT2D eigenvalue weighted by Crippen LogP contribution is -2.15. The maximum atomic E-state index is 12.4. The molecule has 2 aromatic carbocycles. The molecule has 0 saturated heterocycles. The molecule has 0 atom stereocenters.